The number of hydrogen-bond donors (Lipinski definition) is 1. The number of para-hydroxylation sites is 1. The van der Waals surface area contributed by atoms with Gasteiger partial charge in [0.1, 0.15) is 5.75 Å². The number of hydrogen-bond acceptors (Lipinski definition) is 3. The number of nitrogens with one attached hydrogen (secondary N) is 1. The Labute approximate surface area is 128 Å². The Morgan fingerprint density at radius 1 is 1.24 bits per heavy atom. The first kappa shape index (κ1) is 17.5. The van der Waals surface area contributed by atoms with Crippen LogP contribution in [0.5, 0.6) is 5.75 Å². The van der Waals surface area contributed by atoms with Gasteiger partial charge in [0, 0.05) is 5.56 Å². The number of benzene rings is 1. The van der Waals surface area contributed by atoms with Crippen LogP contribution < -0.4 is 10.1 Å². The molecule has 0 aliphatic carbocycles. The number of nitrogens with zero attached hydrogens (tertiary/aromatic N) is 1. The van der Waals surface area contributed by atoms with Crippen molar-refractivity contribution in [2.75, 3.05) is 26.7 Å². The second kappa shape index (κ2) is 9.40. The number of methoxy groups -OCH3 is 1. The predicted molar refractivity (Wildman–Crippen MR) is 86.6 cm³/mol. The van der Waals surface area contributed by atoms with Crippen molar-refractivity contribution in [3.63, 3.8) is 0 Å². The topological polar surface area (TPSA) is 41.6 Å². The minimum absolute atomic E-state index is 0.0567. The minimum Gasteiger partial charge on any atom is -0.496 e. The van der Waals surface area contributed by atoms with Crippen molar-refractivity contribution in [3.8, 4) is 5.75 Å². The summed E-state index contributed by atoms with van der Waals surface area (Å²) in [4.78, 5) is 14.4. The van der Waals surface area contributed by atoms with Gasteiger partial charge >= 0.3 is 0 Å². The van der Waals surface area contributed by atoms with Gasteiger partial charge in [-0.15, -0.1) is 0 Å². The maximum atomic E-state index is 12.2. The average molecular weight is 292 g/mol. The molecule has 1 amide bonds. The van der Waals surface area contributed by atoms with Gasteiger partial charge in [-0.25, -0.2) is 0 Å². The molecule has 1 N–H and O–H groups in total. The quantitative estimate of drug-likeness (QED) is 0.761. The fraction of sp³-hybridized carbons (Fsp3) is 0.588. The molecule has 1 unspecified atom stereocenters. The average Bonchev–Trinajstić information content (AvgIpc) is 2.47. The summed E-state index contributed by atoms with van der Waals surface area (Å²) in [6.07, 6.45) is 2.13. The summed E-state index contributed by atoms with van der Waals surface area (Å²) in [5, 5.41) is 3.06. The van der Waals surface area contributed by atoms with Crippen molar-refractivity contribution in [3.05, 3.63) is 29.8 Å². The highest BCUT2D eigenvalue weighted by molar-refractivity contribution is 5.78. The number of amides is 1. The van der Waals surface area contributed by atoms with Crippen LogP contribution in [0.15, 0.2) is 24.3 Å². The van der Waals surface area contributed by atoms with E-state index < -0.39 is 0 Å². The largest absolute Gasteiger partial charge is 0.496 e. The molecule has 0 saturated heterocycles. The first-order valence-corrected chi connectivity index (χ1v) is 7.76. The zero-order chi connectivity index (χ0) is 15.7. The van der Waals surface area contributed by atoms with Crippen LogP contribution in [-0.2, 0) is 4.79 Å². The van der Waals surface area contributed by atoms with Crippen LogP contribution in [0.4, 0.5) is 0 Å². The summed E-state index contributed by atoms with van der Waals surface area (Å²) >= 11 is 0. The van der Waals surface area contributed by atoms with E-state index in [1.54, 1.807) is 7.11 Å². The van der Waals surface area contributed by atoms with E-state index in [0.29, 0.717) is 6.54 Å². The Balaban J connectivity index is 2.60. The first-order chi connectivity index (χ1) is 10.1. The highest BCUT2D eigenvalue weighted by Crippen LogP contribution is 2.24. The van der Waals surface area contributed by atoms with Crippen LogP contribution in [0.1, 0.15) is 45.2 Å². The molecule has 4 nitrogen and oxygen atoms in total. The molecule has 1 aromatic rings. The third kappa shape index (κ3) is 5.76. The highest BCUT2D eigenvalue weighted by atomic mass is 16.5. The van der Waals surface area contributed by atoms with E-state index in [9.17, 15) is 4.79 Å². The second-order valence-corrected chi connectivity index (χ2v) is 5.31. The summed E-state index contributed by atoms with van der Waals surface area (Å²) in [6, 6.07) is 7.74. The molecule has 0 spiro atoms. The molecule has 1 rings (SSSR count). The number of rotatable bonds is 9. The molecule has 1 atom stereocenters. The van der Waals surface area contributed by atoms with Crippen molar-refractivity contribution in [1.29, 1.82) is 0 Å². The Kier molecular flexibility index (Phi) is 7.83. The highest BCUT2D eigenvalue weighted by Gasteiger charge is 2.15. The molecule has 4 heteroatoms. The Morgan fingerprint density at radius 3 is 2.43 bits per heavy atom. The van der Waals surface area contributed by atoms with Gasteiger partial charge in [0.05, 0.1) is 19.7 Å². The molecule has 21 heavy (non-hydrogen) atoms. The third-order valence-electron chi connectivity index (χ3n) is 3.43. The number of carbonyl (C=O) groups excluding carboxylic acids is 1. The molecule has 0 aliphatic heterocycles. The van der Waals surface area contributed by atoms with Gasteiger partial charge in [-0.05, 0) is 38.9 Å². The fourth-order valence-electron chi connectivity index (χ4n) is 2.49. The molecule has 0 aliphatic rings. The van der Waals surface area contributed by atoms with Crippen molar-refractivity contribution in [1.82, 2.24) is 10.2 Å². The maximum absolute atomic E-state index is 12.2. The van der Waals surface area contributed by atoms with E-state index in [4.69, 9.17) is 4.74 Å². The molecule has 0 bridgehead atoms. The molecule has 0 fully saturated rings. The lowest BCUT2D eigenvalue weighted by Crippen LogP contribution is -2.39. The number of ether oxygens (including phenoxy) is 1. The second-order valence-electron chi connectivity index (χ2n) is 5.31. The Bertz CT molecular complexity index is 429. The van der Waals surface area contributed by atoms with Gasteiger partial charge in [0.2, 0.25) is 5.91 Å². The van der Waals surface area contributed by atoms with Crippen LogP contribution in [0.2, 0.25) is 0 Å². The monoisotopic (exact) mass is 292 g/mol. The molecule has 0 saturated carbocycles. The zero-order valence-corrected chi connectivity index (χ0v) is 13.7. The Hall–Kier alpha value is -1.55. The van der Waals surface area contributed by atoms with Crippen molar-refractivity contribution in [2.45, 2.75) is 39.7 Å². The Morgan fingerprint density at radius 2 is 1.86 bits per heavy atom. The van der Waals surface area contributed by atoms with Gasteiger partial charge < -0.3 is 10.1 Å². The smallest absolute Gasteiger partial charge is 0.234 e. The normalized spacial score (nSPS) is 12.2. The molecule has 0 radical (unpaired) electrons. The first-order valence-electron chi connectivity index (χ1n) is 7.76. The summed E-state index contributed by atoms with van der Waals surface area (Å²) in [5.74, 6) is 0.875. The van der Waals surface area contributed by atoms with Crippen LogP contribution >= 0.6 is 0 Å². The summed E-state index contributed by atoms with van der Waals surface area (Å²) < 4.78 is 5.34. The van der Waals surface area contributed by atoms with E-state index >= 15 is 0 Å². The van der Waals surface area contributed by atoms with Crippen LogP contribution in [0.3, 0.4) is 0 Å². The summed E-state index contributed by atoms with van der Waals surface area (Å²) in [7, 11) is 1.65. The molecule has 1 aromatic carbocycles. The summed E-state index contributed by atoms with van der Waals surface area (Å²) in [6.45, 7) is 8.64. The molecule has 0 aromatic heterocycles. The van der Waals surface area contributed by atoms with Crippen molar-refractivity contribution in [2.24, 2.45) is 0 Å². The lowest BCUT2D eigenvalue weighted by atomic mass is 10.1. The van der Waals surface area contributed by atoms with Gasteiger partial charge in [-0.3, -0.25) is 9.69 Å². The summed E-state index contributed by atoms with van der Waals surface area (Å²) in [5.41, 5.74) is 1.01. The van der Waals surface area contributed by atoms with Crippen LogP contribution in [-0.4, -0.2) is 37.6 Å². The standard InChI is InChI=1S/C17H28N2O2/c1-5-11-19(12-6-2)13-17(20)18-14(3)15-9-7-8-10-16(15)21-4/h7-10,14H,5-6,11-13H2,1-4H3,(H,18,20). The van der Waals surface area contributed by atoms with Gasteiger partial charge in [0.25, 0.3) is 0 Å². The van der Waals surface area contributed by atoms with E-state index in [1.165, 1.54) is 0 Å². The molecule has 118 valence electrons. The number of carbonyl (C=O) groups is 1. The predicted octanol–water partition coefficient (Wildman–Crippen LogP) is 2.99. The van der Waals surface area contributed by atoms with E-state index in [2.05, 4.69) is 24.1 Å². The minimum atomic E-state index is -0.0567. The third-order valence-corrected chi connectivity index (χ3v) is 3.43. The SMILES string of the molecule is CCCN(CCC)CC(=O)NC(C)c1ccccc1OC. The van der Waals surface area contributed by atoms with Crippen molar-refractivity contribution >= 4 is 5.91 Å². The van der Waals surface area contributed by atoms with Crippen LogP contribution in [0.25, 0.3) is 0 Å². The zero-order valence-electron chi connectivity index (χ0n) is 13.7. The van der Waals surface area contributed by atoms with Crippen LogP contribution in [0, 0.1) is 0 Å². The van der Waals surface area contributed by atoms with Crippen molar-refractivity contribution < 1.29 is 9.53 Å². The molecular formula is C17H28N2O2. The van der Waals surface area contributed by atoms with E-state index in [0.717, 1.165) is 37.2 Å². The van der Waals surface area contributed by atoms with E-state index in [1.807, 2.05) is 31.2 Å². The van der Waals surface area contributed by atoms with E-state index in [-0.39, 0.29) is 11.9 Å². The lowest BCUT2D eigenvalue weighted by Gasteiger charge is -2.22. The maximum Gasteiger partial charge on any atom is 0.234 e. The van der Waals surface area contributed by atoms with Gasteiger partial charge in [-0.1, -0.05) is 32.0 Å². The van der Waals surface area contributed by atoms with Gasteiger partial charge in [0.15, 0.2) is 0 Å². The lowest BCUT2D eigenvalue weighted by molar-refractivity contribution is -0.122. The molecule has 0 heterocycles. The fourth-order valence-corrected chi connectivity index (χ4v) is 2.49. The van der Waals surface area contributed by atoms with Gasteiger partial charge in [-0.2, -0.15) is 0 Å². The molecular weight excluding hydrogens is 264 g/mol.